The van der Waals surface area contributed by atoms with Crippen LogP contribution in [0.25, 0.3) is 0 Å². The van der Waals surface area contributed by atoms with Crippen LogP contribution in [0.15, 0.2) is 84.9 Å². The average Bonchev–Trinajstić information content (AvgIpc) is 3.62. The summed E-state index contributed by atoms with van der Waals surface area (Å²) in [5, 5.41) is 25.4. The predicted octanol–water partition coefficient (Wildman–Crippen LogP) is 5.77. The number of carbonyl (C=O) groups is 6. The quantitative estimate of drug-likeness (QED) is 0.113. The number of nitrogens with one attached hydrogen (secondary N) is 2. The van der Waals surface area contributed by atoms with Crippen molar-refractivity contribution in [3.05, 3.63) is 102 Å². The van der Waals surface area contributed by atoms with Gasteiger partial charge in [0.25, 0.3) is 0 Å². The molecular weight excluding hydrogens is 828 g/mol. The standard InChI is InChI=1S/C24H34N2O5.C24H28N2O5.ClH/c1-3-31-24(30)19(14-13-17-9-5-4-6-10-17)25-16(2)22(27)26-20-12-8-7-11-18(20)15-21(26)23(28)29;1-2-31-24(30)20(14-12-17-8-4-3-5-9-17)25-19-15-13-18-10-6-7-11-21(18)26(23(19)29)16-22(27)28;/h4-6,9-10,16,18-21,25H,3,7-8,11-15H2,1-2H3,(H,28,29);3-11,19-20,25H,2,12-16H2,1H3,(H,27,28);1H/t16-,18+,19-,20-,21-;19-,20-;/m00./s1. The molecule has 0 unspecified atom stereocenters. The number of aliphatic carboxylic acids is 2. The van der Waals surface area contributed by atoms with E-state index in [1.807, 2.05) is 72.8 Å². The largest absolute Gasteiger partial charge is 0.480 e. The van der Waals surface area contributed by atoms with E-state index in [9.17, 15) is 39.0 Å². The Morgan fingerprint density at radius 1 is 0.762 bits per heavy atom. The number of rotatable bonds is 18. The van der Waals surface area contributed by atoms with Crippen LogP contribution in [-0.4, -0.2) is 107 Å². The van der Waals surface area contributed by atoms with Crippen molar-refractivity contribution in [2.45, 2.75) is 128 Å². The molecule has 3 aliphatic rings. The van der Waals surface area contributed by atoms with Crippen molar-refractivity contribution in [3.63, 3.8) is 0 Å². The Balaban J connectivity index is 0.000000272. The number of carboxylic acid groups (broad SMARTS) is 2. The second-order valence-corrected chi connectivity index (χ2v) is 16.2. The van der Waals surface area contributed by atoms with Crippen LogP contribution in [0.5, 0.6) is 0 Å². The molecule has 1 saturated heterocycles. The van der Waals surface area contributed by atoms with Gasteiger partial charge in [-0.3, -0.25) is 39.5 Å². The van der Waals surface area contributed by atoms with Gasteiger partial charge in [0, 0.05) is 11.7 Å². The van der Waals surface area contributed by atoms with Gasteiger partial charge in [0.05, 0.1) is 25.3 Å². The molecule has 3 aromatic carbocycles. The molecule has 1 saturated carbocycles. The number of nitrogens with zero attached hydrogens (tertiary/aromatic N) is 2. The van der Waals surface area contributed by atoms with E-state index in [0.717, 1.165) is 42.4 Å². The summed E-state index contributed by atoms with van der Waals surface area (Å²) in [5.41, 5.74) is 3.72. The lowest BCUT2D eigenvalue weighted by Gasteiger charge is -2.35. The van der Waals surface area contributed by atoms with E-state index >= 15 is 0 Å². The molecular formula is C48H63ClN4O10. The van der Waals surface area contributed by atoms with Gasteiger partial charge in [-0.05, 0) is 107 Å². The fourth-order valence-corrected chi connectivity index (χ4v) is 8.94. The number of ether oxygens (including phenoxy) is 2. The molecule has 4 N–H and O–H groups in total. The molecule has 2 aliphatic heterocycles. The summed E-state index contributed by atoms with van der Waals surface area (Å²) in [5.74, 6) is -3.15. The maximum Gasteiger partial charge on any atom is 0.326 e. The first-order chi connectivity index (χ1) is 29.9. The number of benzene rings is 3. The number of para-hydroxylation sites is 1. The molecule has 63 heavy (non-hydrogen) atoms. The Hall–Kier alpha value is -5.31. The van der Waals surface area contributed by atoms with E-state index in [0.29, 0.717) is 50.6 Å². The Morgan fingerprint density at radius 2 is 1.32 bits per heavy atom. The molecule has 2 fully saturated rings. The summed E-state index contributed by atoms with van der Waals surface area (Å²) in [7, 11) is 0. The normalized spacial score (nSPS) is 20.5. The third kappa shape index (κ3) is 14.1. The number of halogens is 1. The highest BCUT2D eigenvalue weighted by atomic mass is 35.5. The first-order valence-electron chi connectivity index (χ1n) is 22.0. The van der Waals surface area contributed by atoms with Gasteiger partial charge in [-0.15, -0.1) is 12.4 Å². The van der Waals surface area contributed by atoms with Crippen molar-refractivity contribution in [1.82, 2.24) is 15.5 Å². The van der Waals surface area contributed by atoms with Crippen molar-refractivity contribution in [2.24, 2.45) is 5.92 Å². The topological polar surface area (TPSA) is 192 Å². The van der Waals surface area contributed by atoms with Crippen LogP contribution in [0.4, 0.5) is 5.69 Å². The lowest BCUT2D eigenvalue weighted by Crippen LogP contribution is -2.55. The van der Waals surface area contributed by atoms with Crippen LogP contribution in [0.1, 0.15) is 88.8 Å². The second kappa shape index (κ2) is 25.1. The lowest BCUT2D eigenvalue weighted by atomic mass is 9.84. The zero-order valence-corrected chi connectivity index (χ0v) is 37.3. The first-order valence-corrected chi connectivity index (χ1v) is 22.0. The molecule has 0 aromatic heterocycles. The van der Waals surface area contributed by atoms with Crippen molar-refractivity contribution in [2.75, 3.05) is 24.7 Å². The number of amides is 2. The molecule has 2 amide bonds. The SMILES string of the molecule is CCOC(=O)[C@H](CCc1ccccc1)N[C@@H](C)C(=O)N1[C@H](C(=O)O)C[C@H]2CCCC[C@@H]21.CCOC(=O)[C@H](CCc1ccccc1)N[C@H]1CCc2ccccc2N(CC(=O)O)C1=O.Cl. The molecule has 1 aliphatic carbocycles. The summed E-state index contributed by atoms with van der Waals surface area (Å²) in [6.07, 6.45) is 7.81. The predicted molar refractivity (Wildman–Crippen MR) is 241 cm³/mol. The van der Waals surface area contributed by atoms with Gasteiger partial charge < -0.3 is 24.6 Å². The second-order valence-electron chi connectivity index (χ2n) is 16.2. The number of hydrogen-bond acceptors (Lipinski definition) is 10. The smallest absolute Gasteiger partial charge is 0.326 e. The number of aryl methyl sites for hydroxylation is 3. The molecule has 342 valence electrons. The average molecular weight is 892 g/mol. The Bertz CT molecular complexity index is 1970. The van der Waals surface area contributed by atoms with E-state index < -0.39 is 54.7 Å². The van der Waals surface area contributed by atoms with Gasteiger partial charge in [0.1, 0.15) is 24.7 Å². The number of hydrogen-bond donors (Lipinski definition) is 4. The van der Waals surface area contributed by atoms with Gasteiger partial charge in [0.15, 0.2) is 0 Å². The molecule has 0 radical (unpaired) electrons. The highest BCUT2D eigenvalue weighted by Crippen LogP contribution is 2.40. The maximum atomic E-state index is 13.4. The van der Waals surface area contributed by atoms with Crippen LogP contribution in [-0.2, 0) is 57.5 Å². The molecule has 3 aromatic rings. The summed E-state index contributed by atoms with van der Waals surface area (Å²) in [6.45, 7) is 5.30. The third-order valence-electron chi connectivity index (χ3n) is 12.0. The van der Waals surface area contributed by atoms with E-state index in [4.69, 9.17) is 9.47 Å². The number of fused-ring (bicyclic) bond motifs is 2. The van der Waals surface area contributed by atoms with Crippen LogP contribution in [0, 0.1) is 5.92 Å². The number of likely N-dealkylation sites (tertiary alicyclic amines) is 1. The molecule has 6 rings (SSSR count). The molecule has 7 atom stereocenters. The van der Waals surface area contributed by atoms with Crippen molar-refractivity contribution in [3.8, 4) is 0 Å². The summed E-state index contributed by atoms with van der Waals surface area (Å²) in [4.78, 5) is 78.0. The minimum Gasteiger partial charge on any atom is -0.480 e. The Kier molecular flexibility index (Phi) is 20.1. The molecule has 15 heteroatoms. The maximum absolute atomic E-state index is 13.4. The van der Waals surface area contributed by atoms with Crippen LogP contribution >= 0.6 is 12.4 Å². The summed E-state index contributed by atoms with van der Waals surface area (Å²) >= 11 is 0. The lowest BCUT2D eigenvalue weighted by molar-refractivity contribution is -0.152. The van der Waals surface area contributed by atoms with Gasteiger partial charge in [0.2, 0.25) is 11.8 Å². The Morgan fingerprint density at radius 3 is 1.90 bits per heavy atom. The van der Waals surface area contributed by atoms with Crippen molar-refractivity contribution < 1.29 is 48.5 Å². The number of carbonyl (C=O) groups excluding carboxylic acids is 4. The zero-order chi connectivity index (χ0) is 44.6. The highest BCUT2D eigenvalue weighted by Gasteiger charge is 2.48. The number of carboxylic acids is 2. The van der Waals surface area contributed by atoms with Crippen molar-refractivity contribution >= 4 is 53.8 Å². The third-order valence-corrected chi connectivity index (χ3v) is 12.0. The highest BCUT2D eigenvalue weighted by molar-refractivity contribution is 6.02. The summed E-state index contributed by atoms with van der Waals surface area (Å²) in [6, 6.07) is 23.5. The van der Waals surface area contributed by atoms with Crippen molar-refractivity contribution in [1.29, 1.82) is 0 Å². The molecule has 14 nitrogen and oxygen atoms in total. The van der Waals surface area contributed by atoms with Gasteiger partial charge >= 0.3 is 23.9 Å². The Labute approximate surface area is 376 Å². The fraction of sp³-hybridized carbons (Fsp3) is 0.500. The molecule has 0 spiro atoms. The minimum atomic E-state index is -1.09. The number of esters is 2. The van der Waals surface area contributed by atoms with Gasteiger partial charge in [-0.2, -0.15) is 0 Å². The van der Waals surface area contributed by atoms with E-state index in [-0.39, 0.29) is 55.4 Å². The van der Waals surface area contributed by atoms with Gasteiger partial charge in [-0.25, -0.2) is 4.79 Å². The minimum absolute atomic E-state index is 0. The monoisotopic (exact) mass is 890 g/mol. The van der Waals surface area contributed by atoms with E-state index in [1.54, 1.807) is 37.8 Å². The summed E-state index contributed by atoms with van der Waals surface area (Å²) < 4.78 is 10.5. The van der Waals surface area contributed by atoms with Crippen LogP contribution < -0.4 is 15.5 Å². The molecule has 0 bridgehead atoms. The van der Waals surface area contributed by atoms with E-state index in [2.05, 4.69) is 10.6 Å². The van der Waals surface area contributed by atoms with Crippen LogP contribution in [0.3, 0.4) is 0 Å². The fourth-order valence-electron chi connectivity index (χ4n) is 8.94. The van der Waals surface area contributed by atoms with Gasteiger partial charge in [-0.1, -0.05) is 91.7 Å². The van der Waals surface area contributed by atoms with Crippen LogP contribution in [0.2, 0.25) is 0 Å². The first kappa shape index (κ1) is 50.3. The number of anilines is 1. The zero-order valence-electron chi connectivity index (χ0n) is 36.5. The molecule has 2 heterocycles. The van der Waals surface area contributed by atoms with E-state index in [1.165, 1.54) is 4.90 Å².